The summed E-state index contributed by atoms with van der Waals surface area (Å²) in [6.07, 6.45) is 0.935. The smallest absolute Gasteiger partial charge is 0.407 e. The molecule has 2 aliphatic rings. The highest BCUT2D eigenvalue weighted by atomic mass is 35.5. The molecule has 1 aromatic carbocycles. The van der Waals surface area contributed by atoms with E-state index in [1.807, 2.05) is 61.7 Å². The normalized spacial score (nSPS) is 25.4. The highest BCUT2D eigenvalue weighted by molar-refractivity contribution is 7.99. The molecule has 1 heterocycles. The number of amides is 2. The van der Waals surface area contributed by atoms with E-state index in [2.05, 4.69) is 5.32 Å². The van der Waals surface area contributed by atoms with Crippen LogP contribution in [0.1, 0.15) is 45.1 Å². The van der Waals surface area contributed by atoms with Crippen molar-refractivity contribution in [1.82, 2.24) is 10.2 Å². The predicted octanol–water partition coefficient (Wildman–Crippen LogP) is 4.30. The van der Waals surface area contributed by atoms with Crippen LogP contribution >= 0.6 is 23.4 Å². The molecule has 2 amide bonds. The van der Waals surface area contributed by atoms with Gasteiger partial charge in [-0.3, -0.25) is 4.79 Å². The molecule has 1 aliphatic heterocycles. The molecular formula is C21H29ClN2O3S. The first kappa shape index (κ1) is 21.3. The topological polar surface area (TPSA) is 58.6 Å². The number of thioether (sulfide) groups is 1. The Morgan fingerprint density at radius 1 is 1.14 bits per heavy atom. The fourth-order valence-corrected chi connectivity index (χ4v) is 5.03. The van der Waals surface area contributed by atoms with E-state index in [1.165, 1.54) is 0 Å². The van der Waals surface area contributed by atoms with Crippen molar-refractivity contribution >= 4 is 35.4 Å². The predicted molar refractivity (Wildman–Crippen MR) is 114 cm³/mol. The maximum atomic E-state index is 13.3. The van der Waals surface area contributed by atoms with Gasteiger partial charge in [0.15, 0.2) is 0 Å². The van der Waals surface area contributed by atoms with Crippen molar-refractivity contribution in [3.8, 4) is 0 Å². The highest BCUT2D eigenvalue weighted by Crippen LogP contribution is 2.41. The van der Waals surface area contributed by atoms with Crippen LogP contribution in [0.5, 0.6) is 0 Å². The summed E-state index contributed by atoms with van der Waals surface area (Å²) in [5.41, 5.74) is 0.557. The van der Waals surface area contributed by atoms with E-state index in [4.69, 9.17) is 16.3 Å². The lowest BCUT2D eigenvalue weighted by Gasteiger charge is -2.31. The summed E-state index contributed by atoms with van der Waals surface area (Å²) >= 11 is 7.94. The number of alkyl carbamates (subject to hydrolysis) is 1. The average Bonchev–Trinajstić information content (AvgIpc) is 3.04. The first-order valence-corrected chi connectivity index (χ1v) is 11.4. The van der Waals surface area contributed by atoms with E-state index >= 15 is 0 Å². The maximum absolute atomic E-state index is 13.3. The molecule has 1 saturated heterocycles. The van der Waals surface area contributed by atoms with Gasteiger partial charge in [0.1, 0.15) is 5.60 Å². The third-order valence-corrected chi connectivity index (χ3v) is 6.42. The van der Waals surface area contributed by atoms with Gasteiger partial charge >= 0.3 is 6.09 Å². The summed E-state index contributed by atoms with van der Waals surface area (Å²) in [7, 11) is 0. The molecule has 5 nitrogen and oxygen atoms in total. The molecule has 1 aromatic rings. The van der Waals surface area contributed by atoms with E-state index in [0.29, 0.717) is 11.4 Å². The van der Waals surface area contributed by atoms with Crippen LogP contribution in [0, 0.1) is 5.92 Å². The van der Waals surface area contributed by atoms with Crippen LogP contribution in [0.15, 0.2) is 24.3 Å². The molecule has 0 spiro atoms. The molecule has 0 radical (unpaired) electrons. The van der Waals surface area contributed by atoms with Crippen molar-refractivity contribution in [2.75, 3.05) is 24.6 Å². The summed E-state index contributed by atoms with van der Waals surface area (Å²) in [6, 6.07) is 7.64. The van der Waals surface area contributed by atoms with Crippen LogP contribution in [-0.2, 0) is 9.53 Å². The number of carbonyl (C=O) groups excluding carboxylic acids is 2. The van der Waals surface area contributed by atoms with E-state index in [9.17, 15) is 9.59 Å². The van der Waals surface area contributed by atoms with Gasteiger partial charge in [-0.25, -0.2) is 4.79 Å². The van der Waals surface area contributed by atoms with Gasteiger partial charge in [-0.05, 0) is 57.2 Å². The zero-order valence-electron chi connectivity index (χ0n) is 16.7. The third kappa shape index (κ3) is 5.57. The van der Waals surface area contributed by atoms with Gasteiger partial charge in [0.05, 0.1) is 0 Å². The van der Waals surface area contributed by atoms with Crippen molar-refractivity contribution in [1.29, 1.82) is 0 Å². The van der Waals surface area contributed by atoms with Crippen molar-refractivity contribution in [3.05, 3.63) is 34.9 Å². The molecule has 0 aromatic heterocycles. The molecule has 3 atom stereocenters. The Bertz CT molecular complexity index is 699. The third-order valence-electron chi connectivity index (χ3n) is 5.22. The minimum Gasteiger partial charge on any atom is -0.444 e. The van der Waals surface area contributed by atoms with E-state index in [0.717, 1.165) is 36.6 Å². The van der Waals surface area contributed by atoms with Gasteiger partial charge in [-0.2, -0.15) is 11.8 Å². The molecule has 3 rings (SSSR count). The second-order valence-electron chi connectivity index (χ2n) is 8.52. The van der Waals surface area contributed by atoms with Gasteiger partial charge in [-0.1, -0.05) is 23.7 Å². The molecule has 28 heavy (non-hydrogen) atoms. The first-order valence-electron chi connectivity index (χ1n) is 9.84. The quantitative estimate of drug-likeness (QED) is 0.785. The molecule has 1 aliphatic carbocycles. The highest BCUT2D eigenvalue weighted by Gasteiger charge is 2.42. The van der Waals surface area contributed by atoms with Crippen molar-refractivity contribution in [3.63, 3.8) is 0 Å². The number of hydrogen-bond acceptors (Lipinski definition) is 4. The van der Waals surface area contributed by atoms with Crippen LogP contribution in [0.3, 0.4) is 0 Å². The molecule has 0 bridgehead atoms. The molecule has 1 saturated carbocycles. The summed E-state index contributed by atoms with van der Waals surface area (Å²) in [5, 5.41) is 3.65. The second kappa shape index (κ2) is 8.95. The Morgan fingerprint density at radius 2 is 1.79 bits per heavy atom. The first-order chi connectivity index (χ1) is 13.2. The van der Waals surface area contributed by atoms with Gasteiger partial charge < -0.3 is 15.0 Å². The number of halogens is 1. The number of benzene rings is 1. The van der Waals surface area contributed by atoms with Crippen molar-refractivity contribution in [2.45, 2.75) is 51.2 Å². The number of ether oxygens (including phenoxy) is 1. The van der Waals surface area contributed by atoms with Gasteiger partial charge in [-0.15, -0.1) is 0 Å². The lowest BCUT2D eigenvalue weighted by Crippen LogP contribution is -2.42. The Hall–Kier alpha value is -1.40. The van der Waals surface area contributed by atoms with Crippen molar-refractivity contribution < 1.29 is 14.3 Å². The fraction of sp³-hybridized carbons (Fsp3) is 0.619. The van der Waals surface area contributed by atoms with E-state index < -0.39 is 11.7 Å². The Balaban J connectivity index is 1.75. The Morgan fingerprint density at radius 3 is 2.39 bits per heavy atom. The minimum atomic E-state index is -0.543. The summed E-state index contributed by atoms with van der Waals surface area (Å²) in [6.45, 7) is 7.14. The van der Waals surface area contributed by atoms with Crippen molar-refractivity contribution in [2.24, 2.45) is 5.92 Å². The molecule has 1 N–H and O–H groups in total. The average molecular weight is 425 g/mol. The summed E-state index contributed by atoms with van der Waals surface area (Å²) in [4.78, 5) is 27.5. The SMILES string of the molecule is CC(C)(C)OC(=O)N[C@H]1C[C@@H](C(=O)N2CCSCC2)[C@H](c2ccc(Cl)cc2)C1. The van der Waals surface area contributed by atoms with Crippen LogP contribution in [0.25, 0.3) is 0 Å². The van der Waals surface area contributed by atoms with Gasteiger partial charge in [0.25, 0.3) is 0 Å². The molecule has 2 fully saturated rings. The monoisotopic (exact) mass is 424 g/mol. The molecule has 154 valence electrons. The Labute approximate surface area is 176 Å². The zero-order chi connectivity index (χ0) is 20.3. The maximum Gasteiger partial charge on any atom is 0.407 e. The standard InChI is InChI=1S/C21H29ClN2O3S/c1-21(2,3)27-20(26)23-16-12-17(14-4-6-15(22)7-5-14)18(13-16)19(25)24-8-10-28-11-9-24/h4-7,16-18H,8-13H2,1-3H3,(H,23,26)/t16-,17+,18-/m1/s1. The number of hydrogen-bond donors (Lipinski definition) is 1. The number of nitrogens with one attached hydrogen (secondary N) is 1. The zero-order valence-corrected chi connectivity index (χ0v) is 18.3. The van der Waals surface area contributed by atoms with Crippen LogP contribution in [-0.4, -0.2) is 53.1 Å². The Kier molecular flexibility index (Phi) is 6.81. The lowest BCUT2D eigenvalue weighted by molar-refractivity contribution is -0.135. The number of rotatable bonds is 3. The van der Waals surface area contributed by atoms with Gasteiger partial charge in [0, 0.05) is 41.6 Å². The number of nitrogens with zero attached hydrogens (tertiary/aromatic N) is 1. The largest absolute Gasteiger partial charge is 0.444 e. The van der Waals surface area contributed by atoms with Crippen LogP contribution in [0.4, 0.5) is 4.79 Å². The lowest BCUT2D eigenvalue weighted by atomic mass is 9.88. The summed E-state index contributed by atoms with van der Waals surface area (Å²) in [5.74, 6) is 2.12. The van der Waals surface area contributed by atoms with Crippen LogP contribution < -0.4 is 5.32 Å². The van der Waals surface area contributed by atoms with Crippen LogP contribution in [0.2, 0.25) is 5.02 Å². The number of carbonyl (C=O) groups is 2. The molecule has 0 unspecified atom stereocenters. The molecule has 7 heteroatoms. The van der Waals surface area contributed by atoms with E-state index in [1.54, 1.807) is 0 Å². The fourth-order valence-electron chi connectivity index (χ4n) is 4.00. The van der Waals surface area contributed by atoms with Gasteiger partial charge in [0.2, 0.25) is 5.91 Å². The minimum absolute atomic E-state index is 0.0688. The molecular weight excluding hydrogens is 396 g/mol. The second-order valence-corrected chi connectivity index (χ2v) is 10.2. The van der Waals surface area contributed by atoms with E-state index in [-0.39, 0.29) is 23.8 Å². The summed E-state index contributed by atoms with van der Waals surface area (Å²) < 4.78 is 5.40.